The number of hydrogen-bond donors (Lipinski definition) is 1. The molecule has 2 saturated heterocycles. The number of piperidine rings is 1. The fourth-order valence-electron chi connectivity index (χ4n) is 3.99. The van der Waals surface area contributed by atoms with Crippen LogP contribution in [0, 0.1) is 13.8 Å². The molecule has 4 rings (SSSR count). The van der Waals surface area contributed by atoms with Crippen LogP contribution < -0.4 is 10.2 Å². The Balaban J connectivity index is 1.37. The standard InChI is InChI=1S/C21H30N6/c1-16-17(2)23-21(27-10-3-4-11-27)25-20(16)24-19-7-12-26(13-8-19)15-18-6-5-9-22-14-18/h5-6,9,14,19H,3-4,7-8,10-13,15H2,1-2H3,(H,23,24,25). The van der Waals surface area contributed by atoms with Gasteiger partial charge in [0.05, 0.1) is 0 Å². The van der Waals surface area contributed by atoms with Crippen LogP contribution in [0.15, 0.2) is 24.5 Å². The summed E-state index contributed by atoms with van der Waals surface area (Å²) >= 11 is 0. The minimum Gasteiger partial charge on any atom is -0.367 e. The van der Waals surface area contributed by atoms with E-state index in [9.17, 15) is 0 Å². The summed E-state index contributed by atoms with van der Waals surface area (Å²) < 4.78 is 0. The summed E-state index contributed by atoms with van der Waals surface area (Å²) in [4.78, 5) is 18.7. The summed E-state index contributed by atoms with van der Waals surface area (Å²) in [6.45, 7) is 9.58. The highest BCUT2D eigenvalue weighted by atomic mass is 15.3. The summed E-state index contributed by atoms with van der Waals surface area (Å²) in [5.74, 6) is 1.92. The van der Waals surface area contributed by atoms with E-state index in [4.69, 9.17) is 9.97 Å². The predicted octanol–water partition coefficient (Wildman–Crippen LogP) is 3.17. The average molecular weight is 367 g/mol. The van der Waals surface area contributed by atoms with Gasteiger partial charge in [0.2, 0.25) is 5.95 Å². The van der Waals surface area contributed by atoms with Crippen molar-refractivity contribution in [2.24, 2.45) is 0 Å². The van der Waals surface area contributed by atoms with Crippen LogP contribution in [-0.4, -0.2) is 52.1 Å². The zero-order chi connectivity index (χ0) is 18.6. The average Bonchev–Trinajstić information content (AvgIpc) is 3.22. The molecule has 1 N–H and O–H groups in total. The van der Waals surface area contributed by atoms with Crippen LogP contribution >= 0.6 is 0 Å². The van der Waals surface area contributed by atoms with Gasteiger partial charge < -0.3 is 10.2 Å². The molecular formula is C21H30N6. The summed E-state index contributed by atoms with van der Waals surface area (Å²) in [5, 5.41) is 3.72. The van der Waals surface area contributed by atoms with Gasteiger partial charge in [0.25, 0.3) is 0 Å². The third-order valence-corrected chi connectivity index (χ3v) is 5.82. The van der Waals surface area contributed by atoms with Crippen LogP contribution in [0.5, 0.6) is 0 Å². The lowest BCUT2D eigenvalue weighted by Crippen LogP contribution is -2.39. The lowest BCUT2D eigenvalue weighted by molar-refractivity contribution is 0.211. The maximum absolute atomic E-state index is 4.88. The maximum atomic E-state index is 4.88. The van der Waals surface area contributed by atoms with Crippen molar-refractivity contribution in [2.75, 3.05) is 36.4 Å². The second-order valence-corrected chi connectivity index (χ2v) is 7.83. The van der Waals surface area contributed by atoms with Crippen LogP contribution in [0.2, 0.25) is 0 Å². The van der Waals surface area contributed by atoms with Crippen molar-refractivity contribution in [1.82, 2.24) is 19.9 Å². The second kappa shape index (κ2) is 8.21. The largest absolute Gasteiger partial charge is 0.367 e. The normalized spacial score (nSPS) is 18.8. The van der Waals surface area contributed by atoms with Crippen molar-refractivity contribution in [1.29, 1.82) is 0 Å². The number of aromatic nitrogens is 3. The third kappa shape index (κ3) is 4.38. The number of nitrogens with zero attached hydrogens (tertiary/aromatic N) is 5. The Hall–Kier alpha value is -2.21. The topological polar surface area (TPSA) is 57.2 Å². The van der Waals surface area contributed by atoms with Crippen molar-refractivity contribution in [3.05, 3.63) is 41.3 Å². The van der Waals surface area contributed by atoms with E-state index >= 15 is 0 Å². The van der Waals surface area contributed by atoms with E-state index in [1.807, 2.05) is 18.5 Å². The van der Waals surface area contributed by atoms with E-state index in [0.29, 0.717) is 6.04 Å². The van der Waals surface area contributed by atoms with Gasteiger partial charge in [0, 0.05) is 62.4 Å². The van der Waals surface area contributed by atoms with Gasteiger partial charge in [-0.1, -0.05) is 6.07 Å². The van der Waals surface area contributed by atoms with E-state index in [-0.39, 0.29) is 0 Å². The molecule has 0 amide bonds. The molecule has 2 aromatic rings. The van der Waals surface area contributed by atoms with Gasteiger partial charge >= 0.3 is 0 Å². The SMILES string of the molecule is Cc1nc(N2CCCC2)nc(NC2CCN(Cc3cccnc3)CC2)c1C. The van der Waals surface area contributed by atoms with Gasteiger partial charge in [-0.15, -0.1) is 0 Å². The number of aryl methyl sites for hydroxylation is 1. The first kappa shape index (κ1) is 18.2. The molecule has 0 saturated carbocycles. The number of hydrogen-bond acceptors (Lipinski definition) is 6. The van der Waals surface area contributed by atoms with Crippen molar-refractivity contribution in [3.63, 3.8) is 0 Å². The Bertz CT molecular complexity index is 749. The molecule has 2 aliphatic heterocycles. The van der Waals surface area contributed by atoms with E-state index in [0.717, 1.165) is 63.0 Å². The molecular weight excluding hydrogens is 336 g/mol. The number of rotatable bonds is 5. The molecule has 27 heavy (non-hydrogen) atoms. The number of pyridine rings is 1. The Morgan fingerprint density at radius 2 is 1.85 bits per heavy atom. The molecule has 0 aliphatic carbocycles. The molecule has 0 bridgehead atoms. The zero-order valence-corrected chi connectivity index (χ0v) is 16.5. The Morgan fingerprint density at radius 3 is 2.56 bits per heavy atom. The summed E-state index contributed by atoms with van der Waals surface area (Å²) in [6.07, 6.45) is 8.58. The Kier molecular flexibility index (Phi) is 5.53. The first-order valence-electron chi connectivity index (χ1n) is 10.2. The highest BCUT2D eigenvalue weighted by molar-refractivity contribution is 5.51. The molecule has 0 radical (unpaired) electrons. The van der Waals surface area contributed by atoms with Crippen molar-refractivity contribution in [2.45, 2.75) is 52.1 Å². The van der Waals surface area contributed by atoms with E-state index < -0.39 is 0 Å². The third-order valence-electron chi connectivity index (χ3n) is 5.82. The van der Waals surface area contributed by atoms with Crippen LogP contribution in [0.25, 0.3) is 0 Å². The summed E-state index contributed by atoms with van der Waals surface area (Å²) in [5.41, 5.74) is 3.56. The maximum Gasteiger partial charge on any atom is 0.227 e. The lowest BCUT2D eigenvalue weighted by Gasteiger charge is -2.33. The quantitative estimate of drug-likeness (QED) is 0.877. The smallest absolute Gasteiger partial charge is 0.227 e. The van der Waals surface area contributed by atoms with Gasteiger partial charge in [-0.25, -0.2) is 4.98 Å². The van der Waals surface area contributed by atoms with Gasteiger partial charge in [0.1, 0.15) is 5.82 Å². The molecule has 0 aromatic carbocycles. The molecule has 4 heterocycles. The van der Waals surface area contributed by atoms with Crippen LogP contribution in [0.1, 0.15) is 42.5 Å². The Morgan fingerprint density at radius 1 is 1.07 bits per heavy atom. The minimum atomic E-state index is 0.481. The predicted molar refractivity (Wildman–Crippen MR) is 109 cm³/mol. The number of nitrogens with one attached hydrogen (secondary N) is 1. The molecule has 0 spiro atoms. The van der Waals surface area contributed by atoms with E-state index in [2.05, 4.69) is 40.0 Å². The van der Waals surface area contributed by atoms with Gasteiger partial charge in [-0.2, -0.15) is 4.98 Å². The first-order chi connectivity index (χ1) is 13.2. The molecule has 6 heteroatoms. The number of likely N-dealkylation sites (tertiary alicyclic amines) is 1. The van der Waals surface area contributed by atoms with Crippen LogP contribution in [-0.2, 0) is 6.54 Å². The molecule has 2 fully saturated rings. The fourth-order valence-corrected chi connectivity index (χ4v) is 3.99. The molecule has 144 valence electrons. The number of anilines is 2. The van der Waals surface area contributed by atoms with Crippen LogP contribution in [0.4, 0.5) is 11.8 Å². The second-order valence-electron chi connectivity index (χ2n) is 7.83. The van der Waals surface area contributed by atoms with Crippen LogP contribution in [0.3, 0.4) is 0 Å². The monoisotopic (exact) mass is 366 g/mol. The lowest BCUT2D eigenvalue weighted by atomic mass is 10.0. The van der Waals surface area contributed by atoms with Crippen molar-refractivity contribution in [3.8, 4) is 0 Å². The van der Waals surface area contributed by atoms with Crippen molar-refractivity contribution >= 4 is 11.8 Å². The molecule has 0 unspecified atom stereocenters. The van der Waals surface area contributed by atoms with E-state index in [1.54, 1.807) is 0 Å². The zero-order valence-electron chi connectivity index (χ0n) is 16.5. The van der Waals surface area contributed by atoms with E-state index in [1.165, 1.54) is 24.0 Å². The fraction of sp³-hybridized carbons (Fsp3) is 0.571. The summed E-state index contributed by atoms with van der Waals surface area (Å²) in [7, 11) is 0. The van der Waals surface area contributed by atoms with Gasteiger partial charge in [0.15, 0.2) is 0 Å². The molecule has 6 nitrogen and oxygen atoms in total. The highest BCUT2D eigenvalue weighted by Crippen LogP contribution is 2.24. The minimum absolute atomic E-state index is 0.481. The summed E-state index contributed by atoms with van der Waals surface area (Å²) in [6, 6.07) is 4.65. The van der Waals surface area contributed by atoms with Gasteiger partial charge in [-0.05, 0) is 51.2 Å². The molecule has 2 aromatic heterocycles. The highest BCUT2D eigenvalue weighted by Gasteiger charge is 2.22. The van der Waals surface area contributed by atoms with Crippen molar-refractivity contribution < 1.29 is 0 Å². The Labute approximate surface area is 162 Å². The molecule has 2 aliphatic rings. The van der Waals surface area contributed by atoms with Gasteiger partial charge in [-0.3, -0.25) is 9.88 Å². The molecule has 0 atom stereocenters. The first-order valence-corrected chi connectivity index (χ1v) is 10.2.